The van der Waals surface area contributed by atoms with Crippen molar-refractivity contribution < 1.29 is 14.3 Å². The summed E-state index contributed by atoms with van der Waals surface area (Å²) in [4.78, 5) is 34.4. The van der Waals surface area contributed by atoms with Crippen LogP contribution in [0.2, 0.25) is 5.02 Å². The number of amides is 1. The lowest BCUT2D eigenvalue weighted by Gasteiger charge is -2.37. The lowest BCUT2D eigenvalue weighted by atomic mass is 9.93. The summed E-state index contributed by atoms with van der Waals surface area (Å²) in [6.07, 6.45) is 2.35. The standard InChI is InChI=1S/C23H26ClN3O3S/c1-14-8-10-26(11-9-14)19(28)12-18-13-31-23-25-15(2)20(22(29)30-3)21(27(18)23)16-4-6-17(24)7-5-16/h4-7,13-14,21H,8-12H2,1-3H3/t21-/m1/s1. The van der Waals surface area contributed by atoms with Gasteiger partial charge in [-0.3, -0.25) is 4.79 Å². The van der Waals surface area contributed by atoms with Gasteiger partial charge in [-0.2, -0.15) is 0 Å². The number of benzene rings is 1. The van der Waals surface area contributed by atoms with Gasteiger partial charge in [-0.25, -0.2) is 9.79 Å². The molecule has 0 aliphatic carbocycles. The predicted octanol–water partition coefficient (Wildman–Crippen LogP) is 4.74. The van der Waals surface area contributed by atoms with E-state index in [4.69, 9.17) is 16.3 Å². The number of esters is 1. The summed E-state index contributed by atoms with van der Waals surface area (Å²) in [6.45, 7) is 5.65. The number of thioether (sulfide) groups is 1. The maximum Gasteiger partial charge on any atom is 0.338 e. The Morgan fingerprint density at radius 1 is 1.23 bits per heavy atom. The number of carbonyl (C=O) groups excluding carboxylic acids is 2. The Labute approximate surface area is 192 Å². The maximum atomic E-state index is 13.0. The third kappa shape index (κ3) is 4.39. The van der Waals surface area contributed by atoms with Gasteiger partial charge in [-0.05, 0) is 48.8 Å². The van der Waals surface area contributed by atoms with Crippen LogP contribution in [0.1, 0.15) is 44.7 Å². The van der Waals surface area contributed by atoms with Crippen LogP contribution in [-0.4, -0.2) is 47.0 Å². The van der Waals surface area contributed by atoms with Gasteiger partial charge in [0.1, 0.15) is 0 Å². The van der Waals surface area contributed by atoms with Crippen LogP contribution >= 0.6 is 23.4 Å². The highest BCUT2D eigenvalue weighted by Gasteiger charge is 2.41. The van der Waals surface area contributed by atoms with E-state index < -0.39 is 12.0 Å². The zero-order valence-electron chi connectivity index (χ0n) is 17.9. The van der Waals surface area contributed by atoms with E-state index in [2.05, 4.69) is 11.9 Å². The average molecular weight is 460 g/mol. The number of rotatable bonds is 4. The van der Waals surface area contributed by atoms with Crippen molar-refractivity contribution >= 4 is 40.4 Å². The number of fused-ring (bicyclic) bond motifs is 1. The molecule has 8 heteroatoms. The molecule has 1 amide bonds. The van der Waals surface area contributed by atoms with E-state index in [0.717, 1.165) is 42.4 Å². The monoisotopic (exact) mass is 459 g/mol. The Morgan fingerprint density at radius 3 is 2.55 bits per heavy atom. The quantitative estimate of drug-likeness (QED) is 0.609. The fourth-order valence-corrected chi connectivity index (χ4v) is 5.32. The van der Waals surface area contributed by atoms with Crippen molar-refractivity contribution in [2.45, 2.75) is 39.2 Å². The highest BCUT2D eigenvalue weighted by atomic mass is 35.5. The number of hydrogen-bond acceptors (Lipinski definition) is 6. The minimum absolute atomic E-state index is 0.112. The first kappa shape index (κ1) is 22.0. The van der Waals surface area contributed by atoms with Gasteiger partial charge >= 0.3 is 5.97 Å². The zero-order chi connectivity index (χ0) is 22.1. The van der Waals surface area contributed by atoms with Crippen LogP contribution in [0.3, 0.4) is 0 Å². The lowest BCUT2D eigenvalue weighted by Crippen LogP contribution is -2.41. The number of amidine groups is 1. The van der Waals surface area contributed by atoms with E-state index >= 15 is 0 Å². The molecule has 0 unspecified atom stereocenters. The molecule has 0 bridgehead atoms. The van der Waals surface area contributed by atoms with Crippen molar-refractivity contribution in [1.29, 1.82) is 0 Å². The average Bonchev–Trinajstić information content (AvgIpc) is 3.15. The maximum absolute atomic E-state index is 13.0. The molecule has 1 atom stereocenters. The number of methoxy groups -OCH3 is 1. The normalized spacial score (nSPS) is 21.6. The fourth-order valence-electron chi connectivity index (χ4n) is 4.23. The summed E-state index contributed by atoms with van der Waals surface area (Å²) in [6, 6.07) is 6.99. The van der Waals surface area contributed by atoms with Crippen LogP contribution in [0.15, 0.2) is 51.6 Å². The zero-order valence-corrected chi connectivity index (χ0v) is 19.5. The number of halogens is 1. The molecule has 0 spiro atoms. The highest BCUT2D eigenvalue weighted by molar-refractivity contribution is 8.16. The molecule has 0 radical (unpaired) electrons. The van der Waals surface area contributed by atoms with Crippen LogP contribution in [0.25, 0.3) is 0 Å². The highest BCUT2D eigenvalue weighted by Crippen LogP contribution is 2.45. The molecule has 1 aromatic carbocycles. The number of allylic oxidation sites excluding steroid dienone is 1. The Balaban J connectivity index is 1.65. The molecule has 164 valence electrons. The lowest BCUT2D eigenvalue weighted by molar-refractivity contribution is -0.136. The molecule has 0 N–H and O–H groups in total. The van der Waals surface area contributed by atoms with Crippen molar-refractivity contribution in [2.75, 3.05) is 20.2 Å². The molecular formula is C23H26ClN3O3S. The minimum Gasteiger partial charge on any atom is -0.466 e. The number of piperidine rings is 1. The SMILES string of the molecule is COC(=O)C1=C(C)N=C2SC=C(CC(=O)N3CCC(C)CC3)N2[C@@H]1c1ccc(Cl)cc1. The second kappa shape index (κ2) is 9.09. The molecule has 4 rings (SSSR count). The molecular weight excluding hydrogens is 434 g/mol. The van der Waals surface area contributed by atoms with E-state index in [9.17, 15) is 9.59 Å². The Kier molecular flexibility index (Phi) is 6.44. The number of hydrogen-bond donors (Lipinski definition) is 0. The van der Waals surface area contributed by atoms with E-state index in [-0.39, 0.29) is 12.3 Å². The topological polar surface area (TPSA) is 62.2 Å². The summed E-state index contributed by atoms with van der Waals surface area (Å²) in [5.74, 6) is 0.352. The third-order valence-corrected chi connectivity index (χ3v) is 7.20. The van der Waals surface area contributed by atoms with E-state index in [1.807, 2.05) is 34.3 Å². The number of aliphatic imine (C=N–C) groups is 1. The van der Waals surface area contributed by atoms with E-state index in [0.29, 0.717) is 22.2 Å². The number of ether oxygens (including phenoxy) is 1. The summed E-state index contributed by atoms with van der Waals surface area (Å²) in [7, 11) is 1.37. The second-order valence-corrected chi connectivity index (χ2v) is 9.45. The summed E-state index contributed by atoms with van der Waals surface area (Å²) in [5.41, 5.74) is 2.84. The molecule has 3 aliphatic rings. The summed E-state index contributed by atoms with van der Waals surface area (Å²) >= 11 is 7.58. The molecule has 31 heavy (non-hydrogen) atoms. The first-order valence-electron chi connectivity index (χ1n) is 10.4. The van der Waals surface area contributed by atoms with Gasteiger partial charge in [0, 0.05) is 23.8 Å². The van der Waals surface area contributed by atoms with E-state index in [1.54, 1.807) is 12.1 Å². The van der Waals surface area contributed by atoms with Crippen LogP contribution in [0.5, 0.6) is 0 Å². The first-order valence-corrected chi connectivity index (χ1v) is 11.7. The molecule has 1 aromatic rings. The minimum atomic E-state index is -0.423. The molecule has 0 aromatic heterocycles. The Bertz CT molecular complexity index is 978. The second-order valence-electron chi connectivity index (χ2n) is 8.18. The molecule has 1 fully saturated rings. The third-order valence-electron chi connectivity index (χ3n) is 6.06. The van der Waals surface area contributed by atoms with Crippen molar-refractivity contribution in [1.82, 2.24) is 9.80 Å². The summed E-state index contributed by atoms with van der Waals surface area (Å²) in [5, 5.41) is 3.36. The summed E-state index contributed by atoms with van der Waals surface area (Å²) < 4.78 is 5.09. The molecule has 1 saturated heterocycles. The van der Waals surface area contributed by atoms with Crippen molar-refractivity contribution in [3.63, 3.8) is 0 Å². The number of likely N-dealkylation sites (tertiary alicyclic amines) is 1. The van der Waals surface area contributed by atoms with Gasteiger partial charge in [0.2, 0.25) is 5.91 Å². The largest absolute Gasteiger partial charge is 0.466 e. The molecule has 6 nitrogen and oxygen atoms in total. The van der Waals surface area contributed by atoms with Gasteiger partial charge in [-0.1, -0.05) is 42.4 Å². The number of carbonyl (C=O) groups is 2. The first-order chi connectivity index (χ1) is 14.9. The van der Waals surface area contributed by atoms with E-state index in [1.165, 1.54) is 18.9 Å². The van der Waals surface area contributed by atoms with Gasteiger partial charge < -0.3 is 14.5 Å². The number of nitrogens with zero attached hydrogens (tertiary/aromatic N) is 3. The predicted molar refractivity (Wildman–Crippen MR) is 123 cm³/mol. The van der Waals surface area contributed by atoms with Gasteiger partial charge in [-0.15, -0.1) is 0 Å². The molecule has 3 aliphatic heterocycles. The van der Waals surface area contributed by atoms with Crippen molar-refractivity contribution in [3.05, 3.63) is 57.2 Å². The van der Waals surface area contributed by atoms with Crippen LogP contribution in [-0.2, 0) is 14.3 Å². The Morgan fingerprint density at radius 2 is 1.90 bits per heavy atom. The Hall–Kier alpha value is -2.25. The van der Waals surface area contributed by atoms with Crippen LogP contribution in [0, 0.1) is 5.92 Å². The van der Waals surface area contributed by atoms with Gasteiger partial charge in [0.05, 0.1) is 30.8 Å². The van der Waals surface area contributed by atoms with Gasteiger partial charge in [0.15, 0.2) is 5.17 Å². The molecule has 3 heterocycles. The molecule has 0 saturated carbocycles. The van der Waals surface area contributed by atoms with Gasteiger partial charge in [0.25, 0.3) is 0 Å². The smallest absolute Gasteiger partial charge is 0.338 e. The van der Waals surface area contributed by atoms with Crippen LogP contribution < -0.4 is 0 Å². The van der Waals surface area contributed by atoms with Crippen molar-refractivity contribution in [2.24, 2.45) is 10.9 Å². The van der Waals surface area contributed by atoms with Crippen molar-refractivity contribution in [3.8, 4) is 0 Å². The van der Waals surface area contributed by atoms with Crippen LogP contribution in [0.4, 0.5) is 0 Å². The fraction of sp³-hybridized carbons (Fsp3) is 0.435.